The monoisotopic (exact) mass is 345 g/mol. The number of aromatic amines is 1. The van der Waals surface area contributed by atoms with Crippen LogP contribution in [0.25, 0.3) is 16.5 Å². The predicted octanol–water partition coefficient (Wildman–Crippen LogP) is 4.87. The van der Waals surface area contributed by atoms with E-state index in [4.69, 9.17) is 4.98 Å². The van der Waals surface area contributed by atoms with Gasteiger partial charge in [0.1, 0.15) is 5.82 Å². The Bertz CT molecular complexity index is 981. The van der Waals surface area contributed by atoms with Crippen molar-refractivity contribution in [1.29, 1.82) is 0 Å². The Hall–Kier alpha value is -2.82. The van der Waals surface area contributed by atoms with Gasteiger partial charge in [0.25, 0.3) is 0 Å². The molecule has 132 valence electrons. The summed E-state index contributed by atoms with van der Waals surface area (Å²) < 4.78 is 0. The number of benzene rings is 1. The van der Waals surface area contributed by atoms with Gasteiger partial charge in [-0.1, -0.05) is 18.9 Å². The van der Waals surface area contributed by atoms with Crippen LogP contribution in [-0.4, -0.2) is 27.5 Å². The maximum absolute atomic E-state index is 4.91. The number of allylic oxidation sites excluding steroid dienone is 1. The number of hydrogen-bond acceptors (Lipinski definition) is 4. The van der Waals surface area contributed by atoms with Crippen molar-refractivity contribution in [2.45, 2.75) is 38.6 Å². The molecule has 0 radical (unpaired) electrons. The zero-order valence-electron chi connectivity index (χ0n) is 15.0. The number of rotatable bonds is 3. The molecule has 3 heterocycles. The molecule has 0 unspecified atom stereocenters. The molecular weight excluding hydrogens is 322 g/mol. The van der Waals surface area contributed by atoms with Crippen LogP contribution >= 0.6 is 0 Å². The standard InChI is InChI=1S/C21H23N5/c1-14-9-11-26(17-4-2-3-5-17)20-18(14)13-23-21(25-20)24-16-6-7-19-15(12-16)8-10-22-19/h6-10,12-13,17,22H,2-5,11H2,1H3,(H,23,24,25). The zero-order chi connectivity index (χ0) is 17.5. The van der Waals surface area contributed by atoms with Gasteiger partial charge in [0.05, 0.1) is 0 Å². The van der Waals surface area contributed by atoms with Crippen LogP contribution in [0.1, 0.15) is 38.2 Å². The Balaban J connectivity index is 1.48. The molecule has 0 spiro atoms. The number of fused-ring (bicyclic) bond motifs is 2. The summed E-state index contributed by atoms with van der Waals surface area (Å²) in [7, 11) is 0. The first-order chi connectivity index (χ1) is 12.8. The lowest BCUT2D eigenvalue weighted by molar-refractivity contribution is 0.621. The van der Waals surface area contributed by atoms with E-state index in [0.717, 1.165) is 29.1 Å². The van der Waals surface area contributed by atoms with Crippen molar-refractivity contribution in [3.05, 3.63) is 48.3 Å². The summed E-state index contributed by atoms with van der Waals surface area (Å²) in [5.74, 6) is 1.74. The van der Waals surface area contributed by atoms with Crippen molar-refractivity contribution in [3.8, 4) is 0 Å². The lowest BCUT2D eigenvalue weighted by atomic mass is 10.0. The highest BCUT2D eigenvalue weighted by molar-refractivity contribution is 5.84. The fraction of sp³-hybridized carbons (Fsp3) is 0.333. The molecule has 1 aliphatic carbocycles. The number of aromatic nitrogens is 3. The maximum Gasteiger partial charge on any atom is 0.229 e. The molecule has 0 amide bonds. The van der Waals surface area contributed by atoms with Crippen LogP contribution in [0.2, 0.25) is 0 Å². The van der Waals surface area contributed by atoms with E-state index in [1.165, 1.54) is 36.6 Å². The van der Waals surface area contributed by atoms with Crippen molar-refractivity contribution >= 4 is 33.9 Å². The minimum atomic E-state index is 0.608. The Kier molecular flexibility index (Phi) is 3.66. The third-order valence-corrected chi connectivity index (χ3v) is 5.63. The molecule has 1 aliphatic heterocycles. The fourth-order valence-corrected chi connectivity index (χ4v) is 4.16. The van der Waals surface area contributed by atoms with Crippen LogP contribution in [-0.2, 0) is 0 Å². The first-order valence-electron chi connectivity index (χ1n) is 9.43. The highest BCUT2D eigenvalue weighted by Crippen LogP contribution is 2.35. The predicted molar refractivity (Wildman–Crippen MR) is 107 cm³/mol. The molecular formula is C21H23N5. The van der Waals surface area contributed by atoms with Crippen molar-refractivity contribution in [3.63, 3.8) is 0 Å². The van der Waals surface area contributed by atoms with Gasteiger partial charge in [-0.25, -0.2) is 4.98 Å². The van der Waals surface area contributed by atoms with Crippen molar-refractivity contribution in [1.82, 2.24) is 15.0 Å². The summed E-state index contributed by atoms with van der Waals surface area (Å²) in [6.07, 6.45) is 11.4. The molecule has 0 saturated heterocycles. The quantitative estimate of drug-likeness (QED) is 0.711. The highest BCUT2D eigenvalue weighted by atomic mass is 15.3. The van der Waals surface area contributed by atoms with Gasteiger partial charge in [-0.05, 0) is 49.6 Å². The van der Waals surface area contributed by atoms with Crippen molar-refractivity contribution in [2.75, 3.05) is 16.8 Å². The molecule has 2 aromatic heterocycles. The van der Waals surface area contributed by atoms with Gasteiger partial charge >= 0.3 is 0 Å². The van der Waals surface area contributed by atoms with Gasteiger partial charge in [0.2, 0.25) is 5.95 Å². The summed E-state index contributed by atoms with van der Waals surface area (Å²) in [6.45, 7) is 3.11. The first-order valence-corrected chi connectivity index (χ1v) is 9.43. The lowest BCUT2D eigenvalue weighted by Gasteiger charge is -2.34. The second-order valence-electron chi connectivity index (χ2n) is 7.31. The molecule has 5 rings (SSSR count). The molecule has 0 atom stereocenters. The number of H-pyrrole nitrogens is 1. The number of anilines is 3. The zero-order valence-corrected chi connectivity index (χ0v) is 15.0. The van der Waals surface area contributed by atoms with Crippen LogP contribution in [0.15, 0.2) is 42.7 Å². The van der Waals surface area contributed by atoms with Crippen molar-refractivity contribution in [2.24, 2.45) is 0 Å². The molecule has 26 heavy (non-hydrogen) atoms. The molecule has 3 aromatic rings. The molecule has 2 N–H and O–H groups in total. The van der Waals surface area contributed by atoms with Gasteiger partial charge < -0.3 is 15.2 Å². The molecule has 0 bridgehead atoms. The van der Waals surface area contributed by atoms with Gasteiger partial charge in [0, 0.05) is 47.1 Å². The second-order valence-corrected chi connectivity index (χ2v) is 7.31. The Labute approximate surface area is 153 Å². The molecule has 1 fully saturated rings. The minimum absolute atomic E-state index is 0.608. The molecule has 5 heteroatoms. The van der Waals surface area contributed by atoms with Gasteiger partial charge in [-0.2, -0.15) is 4.98 Å². The van der Waals surface area contributed by atoms with Crippen LogP contribution < -0.4 is 10.2 Å². The van der Waals surface area contributed by atoms with Crippen LogP contribution in [0.3, 0.4) is 0 Å². The summed E-state index contributed by atoms with van der Waals surface area (Å²) in [5, 5.41) is 4.56. The Morgan fingerprint density at radius 3 is 2.96 bits per heavy atom. The first kappa shape index (κ1) is 15.4. The fourth-order valence-electron chi connectivity index (χ4n) is 4.16. The maximum atomic E-state index is 4.91. The summed E-state index contributed by atoms with van der Waals surface area (Å²) in [5.41, 5.74) is 4.58. The van der Waals surface area contributed by atoms with Crippen LogP contribution in [0, 0.1) is 0 Å². The average molecular weight is 345 g/mol. The summed E-state index contributed by atoms with van der Waals surface area (Å²) in [6, 6.07) is 8.94. The SMILES string of the molecule is CC1=CCN(C2CCCC2)c2nc(Nc3ccc4[nH]ccc4c3)ncc21. The topological polar surface area (TPSA) is 56.8 Å². The van der Waals surface area contributed by atoms with E-state index < -0.39 is 0 Å². The van der Waals surface area contributed by atoms with E-state index in [1.807, 2.05) is 12.4 Å². The van der Waals surface area contributed by atoms with Gasteiger partial charge in [-0.3, -0.25) is 0 Å². The van der Waals surface area contributed by atoms with Crippen LogP contribution in [0.5, 0.6) is 0 Å². The van der Waals surface area contributed by atoms with E-state index in [9.17, 15) is 0 Å². The second kappa shape index (κ2) is 6.16. The minimum Gasteiger partial charge on any atom is -0.361 e. The van der Waals surface area contributed by atoms with Gasteiger partial charge in [0.15, 0.2) is 0 Å². The lowest BCUT2D eigenvalue weighted by Crippen LogP contribution is -2.36. The smallest absolute Gasteiger partial charge is 0.229 e. The Morgan fingerprint density at radius 2 is 2.08 bits per heavy atom. The summed E-state index contributed by atoms with van der Waals surface area (Å²) >= 11 is 0. The van der Waals surface area contributed by atoms with Crippen molar-refractivity contribution < 1.29 is 0 Å². The van der Waals surface area contributed by atoms with E-state index in [-0.39, 0.29) is 0 Å². The van der Waals surface area contributed by atoms with E-state index >= 15 is 0 Å². The van der Waals surface area contributed by atoms with Crippen LogP contribution in [0.4, 0.5) is 17.5 Å². The average Bonchev–Trinajstić information content (AvgIpc) is 3.33. The van der Waals surface area contributed by atoms with E-state index in [0.29, 0.717) is 12.0 Å². The molecule has 2 aliphatic rings. The Morgan fingerprint density at radius 1 is 1.19 bits per heavy atom. The number of hydrogen-bond donors (Lipinski definition) is 2. The number of nitrogens with one attached hydrogen (secondary N) is 2. The van der Waals surface area contributed by atoms with Gasteiger partial charge in [-0.15, -0.1) is 0 Å². The number of nitrogens with zero attached hydrogens (tertiary/aromatic N) is 3. The molecule has 5 nitrogen and oxygen atoms in total. The third-order valence-electron chi connectivity index (χ3n) is 5.63. The summed E-state index contributed by atoms with van der Waals surface area (Å²) in [4.78, 5) is 15.2. The largest absolute Gasteiger partial charge is 0.361 e. The normalized spacial score (nSPS) is 17.4. The third kappa shape index (κ3) is 2.64. The highest BCUT2D eigenvalue weighted by Gasteiger charge is 2.28. The van der Waals surface area contributed by atoms with E-state index in [2.05, 4.69) is 57.4 Å². The van der Waals surface area contributed by atoms with E-state index in [1.54, 1.807) is 0 Å². The molecule has 1 saturated carbocycles. The molecule has 1 aromatic carbocycles.